The minimum atomic E-state index is 0.635. The lowest BCUT2D eigenvalue weighted by Gasteiger charge is -2.03. The number of hydroxylamine groups is 1. The first-order chi connectivity index (χ1) is 7.29. The van der Waals surface area contributed by atoms with E-state index in [1.165, 1.54) is 0 Å². The topological polar surface area (TPSA) is 51.5 Å². The van der Waals surface area contributed by atoms with Crippen molar-refractivity contribution in [3.63, 3.8) is 0 Å². The summed E-state index contributed by atoms with van der Waals surface area (Å²) < 4.78 is 1.78. The highest BCUT2D eigenvalue weighted by Gasteiger charge is 2.00. The zero-order valence-corrected chi connectivity index (χ0v) is 8.90. The van der Waals surface area contributed by atoms with Gasteiger partial charge in [-0.1, -0.05) is 0 Å². The molecule has 0 saturated heterocycles. The van der Waals surface area contributed by atoms with Gasteiger partial charge in [0.15, 0.2) is 5.65 Å². The van der Waals surface area contributed by atoms with E-state index in [-0.39, 0.29) is 0 Å². The van der Waals surface area contributed by atoms with Gasteiger partial charge in [0.1, 0.15) is 0 Å². The van der Waals surface area contributed by atoms with Gasteiger partial charge in [-0.2, -0.15) is 10.6 Å². The fourth-order valence-corrected chi connectivity index (χ4v) is 1.36. The van der Waals surface area contributed by atoms with Crippen LogP contribution in [0.1, 0.15) is 18.2 Å². The van der Waals surface area contributed by atoms with Gasteiger partial charge < -0.3 is 4.84 Å². The summed E-state index contributed by atoms with van der Waals surface area (Å²) in [5, 5.41) is 4.29. The molecule has 0 unspecified atom stereocenters. The number of aromatic nitrogens is 3. The van der Waals surface area contributed by atoms with E-state index in [1.54, 1.807) is 4.52 Å². The van der Waals surface area contributed by atoms with Crippen molar-refractivity contribution < 1.29 is 4.84 Å². The van der Waals surface area contributed by atoms with Gasteiger partial charge >= 0.3 is 0 Å². The van der Waals surface area contributed by atoms with E-state index in [0.29, 0.717) is 13.2 Å². The van der Waals surface area contributed by atoms with Crippen molar-refractivity contribution >= 4 is 5.65 Å². The number of hydrogen-bond acceptors (Lipinski definition) is 4. The Balaban J connectivity index is 2.15. The Morgan fingerprint density at radius 2 is 2.40 bits per heavy atom. The molecule has 2 rings (SSSR count). The summed E-state index contributed by atoms with van der Waals surface area (Å²) in [5.41, 5.74) is 5.72. The normalized spacial score (nSPS) is 11.1. The summed E-state index contributed by atoms with van der Waals surface area (Å²) in [6.45, 7) is 5.17. The molecule has 2 heterocycles. The molecule has 0 aliphatic carbocycles. The summed E-state index contributed by atoms with van der Waals surface area (Å²) in [7, 11) is 0. The molecule has 2 aromatic heterocycles. The van der Waals surface area contributed by atoms with Crippen LogP contribution in [0.25, 0.3) is 5.65 Å². The Hall–Kier alpha value is -1.46. The average Bonchev–Trinajstić information content (AvgIpc) is 2.57. The van der Waals surface area contributed by atoms with Crippen molar-refractivity contribution in [1.29, 1.82) is 0 Å². The Morgan fingerprint density at radius 3 is 3.20 bits per heavy atom. The molecule has 0 spiro atoms. The predicted molar refractivity (Wildman–Crippen MR) is 56.2 cm³/mol. The van der Waals surface area contributed by atoms with Crippen molar-refractivity contribution in [3.05, 3.63) is 29.7 Å². The van der Waals surface area contributed by atoms with Gasteiger partial charge in [0.25, 0.3) is 0 Å². The molecule has 2 aromatic rings. The van der Waals surface area contributed by atoms with Crippen LogP contribution >= 0.6 is 0 Å². The van der Waals surface area contributed by atoms with E-state index in [0.717, 1.165) is 16.9 Å². The molecule has 15 heavy (non-hydrogen) atoms. The second-order valence-corrected chi connectivity index (χ2v) is 3.30. The van der Waals surface area contributed by atoms with E-state index in [2.05, 4.69) is 15.6 Å². The molecule has 0 aromatic carbocycles. The van der Waals surface area contributed by atoms with Crippen LogP contribution < -0.4 is 5.48 Å². The highest BCUT2D eigenvalue weighted by molar-refractivity contribution is 5.38. The van der Waals surface area contributed by atoms with Crippen molar-refractivity contribution in [3.8, 4) is 0 Å². The third kappa shape index (κ3) is 2.31. The van der Waals surface area contributed by atoms with Crippen LogP contribution in [0.15, 0.2) is 18.5 Å². The highest BCUT2D eigenvalue weighted by atomic mass is 16.6. The van der Waals surface area contributed by atoms with Crippen LogP contribution in [0.4, 0.5) is 0 Å². The number of fused-ring (bicyclic) bond motifs is 1. The first-order valence-electron chi connectivity index (χ1n) is 4.95. The van der Waals surface area contributed by atoms with Gasteiger partial charge in [-0.05, 0) is 13.8 Å². The average molecular weight is 206 g/mol. The van der Waals surface area contributed by atoms with Crippen molar-refractivity contribution in [2.45, 2.75) is 20.4 Å². The molecule has 5 heteroatoms. The van der Waals surface area contributed by atoms with E-state index in [1.807, 2.05) is 32.3 Å². The van der Waals surface area contributed by atoms with Gasteiger partial charge in [-0.25, -0.2) is 9.50 Å². The first kappa shape index (κ1) is 10.1. The SMILES string of the molecule is CCONCc1cnc2cc(C)nn2c1. The molecule has 0 atom stereocenters. The van der Waals surface area contributed by atoms with Gasteiger partial charge in [0.2, 0.25) is 0 Å². The predicted octanol–water partition coefficient (Wildman–Crippen LogP) is 1.08. The third-order valence-electron chi connectivity index (χ3n) is 2.01. The molecule has 0 amide bonds. The summed E-state index contributed by atoms with van der Waals surface area (Å²) in [4.78, 5) is 9.33. The third-order valence-corrected chi connectivity index (χ3v) is 2.01. The lowest BCUT2D eigenvalue weighted by atomic mass is 10.3. The highest BCUT2D eigenvalue weighted by Crippen LogP contribution is 2.04. The van der Waals surface area contributed by atoms with Gasteiger partial charge in [-0.15, -0.1) is 0 Å². The van der Waals surface area contributed by atoms with Crippen LogP contribution in [0.2, 0.25) is 0 Å². The summed E-state index contributed by atoms with van der Waals surface area (Å²) in [5.74, 6) is 0. The summed E-state index contributed by atoms with van der Waals surface area (Å²) in [6.07, 6.45) is 3.77. The van der Waals surface area contributed by atoms with Crippen LogP contribution in [0.3, 0.4) is 0 Å². The quantitative estimate of drug-likeness (QED) is 0.600. The van der Waals surface area contributed by atoms with Crippen LogP contribution in [0.5, 0.6) is 0 Å². The molecular weight excluding hydrogens is 192 g/mol. The second kappa shape index (κ2) is 4.37. The molecule has 1 N–H and O–H groups in total. The standard InChI is InChI=1S/C10H14N4O/c1-3-15-12-6-9-5-11-10-4-8(2)13-14(10)7-9/h4-5,7,12H,3,6H2,1-2H3. The largest absolute Gasteiger partial charge is 0.302 e. The van der Waals surface area contributed by atoms with Crippen LogP contribution in [-0.4, -0.2) is 21.2 Å². The Bertz CT molecular complexity index is 452. The maximum atomic E-state index is 5.05. The van der Waals surface area contributed by atoms with Crippen LogP contribution in [0, 0.1) is 6.92 Å². The van der Waals surface area contributed by atoms with E-state index in [4.69, 9.17) is 4.84 Å². The van der Waals surface area contributed by atoms with Gasteiger partial charge in [0, 0.05) is 30.6 Å². The zero-order valence-electron chi connectivity index (χ0n) is 8.90. The zero-order chi connectivity index (χ0) is 10.7. The second-order valence-electron chi connectivity index (χ2n) is 3.30. The molecule has 0 aliphatic rings. The summed E-state index contributed by atoms with van der Waals surface area (Å²) >= 11 is 0. The fourth-order valence-electron chi connectivity index (χ4n) is 1.36. The first-order valence-corrected chi connectivity index (χ1v) is 4.95. The summed E-state index contributed by atoms with van der Waals surface area (Å²) in [6, 6.07) is 1.94. The lowest BCUT2D eigenvalue weighted by molar-refractivity contribution is 0.0462. The van der Waals surface area contributed by atoms with Crippen molar-refractivity contribution in [1.82, 2.24) is 20.1 Å². The number of hydrogen-bond donors (Lipinski definition) is 1. The Labute approximate surface area is 88.0 Å². The van der Waals surface area contributed by atoms with Crippen molar-refractivity contribution in [2.24, 2.45) is 0 Å². The molecule has 0 saturated carbocycles. The number of nitrogens with one attached hydrogen (secondary N) is 1. The van der Waals surface area contributed by atoms with Gasteiger partial charge in [0.05, 0.1) is 12.3 Å². The van der Waals surface area contributed by atoms with E-state index < -0.39 is 0 Å². The minimum Gasteiger partial charge on any atom is -0.302 e. The lowest BCUT2D eigenvalue weighted by Crippen LogP contribution is -2.14. The molecule has 0 fully saturated rings. The number of aryl methyl sites for hydroxylation is 1. The minimum absolute atomic E-state index is 0.635. The van der Waals surface area contributed by atoms with E-state index in [9.17, 15) is 0 Å². The molecule has 0 radical (unpaired) electrons. The Morgan fingerprint density at radius 1 is 1.53 bits per heavy atom. The maximum Gasteiger partial charge on any atom is 0.155 e. The molecule has 5 nitrogen and oxygen atoms in total. The van der Waals surface area contributed by atoms with Crippen LogP contribution in [-0.2, 0) is 11.4 Å². The fraction of sp³-hybridized carbons (Fsp3) is 0.400. The number of rotatable bonds is 4. The van der Waals surface area contributed by atoms with E-state index >= 15 is 0 Å². The molecule has 0 bridgehead atoms. The monoisotopic (exact) mass is 206 g/mol. The van der Waals surface area contributed by atoms with Crippen molar-refractivity contribution in [2.75, 3.05) is 6.61 Å². The molecule has 80 valence electrons. The maximum absolute atomic E-state index is 5.05. The molecular formula is C10H14N4O. The van der Waals surface area contributed by atoms with Gasteiger partial charge in [-0.3, -0.25) is 0 Å². The molecule has 0 aliphatic heterocycles. The Kier molecular flexibility index (Phi) is 2.94. The smallest absolute Gasteiger partial charge is 0.155 e. The number of nitrogens with zero attached hydrogens (tertiary/aromatic N) is 3.